The first-order valence-corrected chi connectivity index (χ1v) is 6.46. The Bertz CT molecular complexity index is 289. The van der Waals surface area contributed by atoms with Crippen LogP contribution in [0.4, 0.5) is 0 Å². The van der Waals surface area contributed by atoms with E-state index in [1.165, 1.54) is 0 Å². The van der Waals surface area contributed by atoms with E-state index < -0.39 is 12.0 Å². The molecule has 1 fully saturated rings. The Labute approximate surface area is 119 Å². The quantitative estimate of drug-likeness (QED) is 0.669. The number of likely N-dealkylation sites (tertiary alicyclic amines) is 1. The van der Waals surface area contributed by atoms with E-state index in [-0.39, 0.29) is 24.9 Å². The van der Waals surface area contributed by atoms with E-state index >= 15 is 0 Å². The topological polar surface area (TPSA) is 78.9 Å². The maximum absolute atomic E-state index is 11.6. The van der Waals surface area contributed by atoms with Crippen LogP contribution >= 0.6 is 12.4 Å². The number of amides is 1. The van der Waals surface area contributed by atoms with E-state index in [0.29, 0.717) is 32.7 Å². The van der Waals surface area contributed by atoms with Gasteiger partial charge in [-0.15, -0.1) is 12.4 Å². The van der Waals surface area contributed by atoms with Crippen LogP contribution in [0, 0.1) is 0 Å². The van der Waals surface area contributed by atoms with Crippen LogP contribution in [0.2, 0.25) is 0 Å². The second-order valence-electron chi connectivity index (χ2n) is 4.37. The number of ether oxygens (including phenoxy) is 1. The summed E-state index contributed by atoms with van der Waals surface area (Å²) in [6.45, 7) is 4.32. The summed E-state index contributed by atoms with van der Waals surface area (Å²) in [6, 6.07) is -0.517. The van der Waals surface area contributed by atoms with Gasteiger partial charge in [0.25, 0.3) is 0 Å². The number of carbonyl (C=O) groups is 2. The minimum atomic E-state index is -0.836. The maximum Gasteiger partial charge on any atom is 0.320 e. The molecule has 0 aromatic carbocycles. The van der Waals surface area contributed by atoms with Gasteiger partial charge < -0.3 is 15.2 Å². The molecule has 0 radical (unpaired) electrons. The maximum atomic E-state index is 11.6. The molecule has 2 N–H and O–H groups in total. The van der Waals surface area contributed by atoms with Crippen molar-refractivity contribution in [3.05, 3.63) is 0 Å². The second kappa shape index (κ2) is 10.00. The van der Waals surface area contributed by atoms with Crippen molar-refractivity contribution >= 4 is 24.3 Å². The normalized spacial score (nSPS) is 19.5. The molecule has 1 saturated heterocycles. The fourth-order valence-corrected chi connectivity index (χ4v) is 2.11. The largest absolute Gasteiger partial charge is 0.480 e. The van der Waals surface area contributed by atoms with Gasteiger partial charge in [-0.25, -0.2) is 0 Å². The number of hydrogen-bond acceptors (Lipinski definition) is 4. The minimum absolute atomic E-state index is 0. The molecule has 7 heteroatoms. The van der Waals surface area contributed by atoms with E-state index in [2.05, 4.69) is 5.32 Å². The molecule has 19 heavy (non-hydrogen) atoms. The highest BCUT2D eigenvalue weighted by Gasteiger charge is 2.29. The van der Waals surface area contributed by atoms with Crippen LogP contribution in [0.25, 0.3) is 0 Å². The van der Waals surface area contributed by atoms with Gasteiger partial charge in [-0.3, -0.25) is 14.5 Å². The summed E-state index contributed by atoms with van der Waals surface area (Å²) >= 11 is 0. The Morgan fingerprint density at radius 3 is 2.79 bits per heavy atom. The predicted octanol–water partition coefficient (Wildman–Crippen LogP) is 0.500. The number of carbonyl (C=O) groups excluding carboxylic acids is 1. The number of nitrogens with one attached hydrogen (secondary N) is 1. The van der Waals surface area contributed by atoms with Crippen LogP contribution in [-0.4, -0.2) is 60.8 Å². The van der Waals surface area contributed by atoms with Crippen LogP contribution in [0.1, 0.15) is 26.2 Å². The molecular weight excluding hydrogens is 272 g/mol. The van der Waals surface area contributed by atoms with Crippen LogP contribution in [0.15, 0.2) is 0 Å². The second-order valence-corrected chi connectivity index (χ2v) is 4.37. The Morgan fingerprint density at radius 1 is 1.42 bits per heavy atom. The summed E-state index contributed by atoms with van der Waals surface area (Å²) in [4.78, 5) is 24.4. The molecule has 112 valence electrons. The third-order valence-corrected chi connectivity index (χ3v) is 3.02. The molecule has 6 nitrogen and oxygen atoms in total. The predicted molar refractivity (Wildman–Crippen MR) is 73.6 cm³/mol. The Kier molecular flexibility index (Phi) is 9.55. The van der Waals surface area contributed by atoms with Crippen molar-refractivity contribution in [3.8, 4) is 0 Å². The van der Waals surface area contributed by atoms with Gasteiger partial charge in [0.2, 0.25) is 5.91 Å². The summed E-state index contributed by atoms with van der Waals surface area (Å²) in [5.41, 5.74) is 0. The first kappa shape index (κ1) is 18.1. The number of nitrogens with zero attached hydrogens (tertiary/aromatic N) is 1. The van der Waals surface area contributed by atoms with Crippen molar-refractivity contribution in [2.75, 3.05) is 32.8 Å². The zero-order valence-electron chi connectivity index (χ0n) is 11.3. The molecule has 1 rings (SSSR count). The lowest BCUT2D eigenvalue weighted by Gasteiger charge is -2.32. The fourth-order valence-electron chi connectivity index (χ4n) is 2.11. The Balaban J connectivity index is 0.00000324. The SMILES string of the molecule is CCOCCNC(=O)CN1CCCCC1C(=O)O.Cl. The van der Waals surface area contributed by atoms with Crippen molar-refractivity contribution in [1.29, 1.82) is 0 Å². The minimum Gasteiger partial charge on any atom is -0.480 e. The average Bonchev–Trinajstić information content (AvgIpc) is 2.35. The van der Waals surface area contributed by atoms with Gasteiger partial charge in [0, 0.05) is 13.2 Å². The van der Waals surface area contributed by atoms with E-state index in [1.807, 2.05) is 6.92 Å². The molecule has 0 aliphatic carbocycles. The summed E-state index contributed by atoms with van der Waals surface area (Å²) in [7, 11) is 0. The smallest absolute Gasteiger partial charge is 0.320 e. The standard InChI is InChI=1S/C12H22N2O4.ClH/c1-2-18-8-6-13-11(15)9-14-7-4-3-5-10(14)12(16)17;/h10H,2-9H2,1H3,(H,13,15)(H,16,17);1H. The Hall–Kier alpha value is -0.850. The van der Waals surface area contributed by atoms with Gasteiger partial charge in [-0.2, -0.15) is 0 Å². The van der Waals surface area contributed by atoms with Gasteiger partial charge in [0.15, 0.2) is 0 Å². The van der Waals surface area contributed by atoms with Gasteiger partial charge in [-0.05, 0) is 26.3 Å². The number of piperidine rings is 1. The lowest BCUT2D eigenvalue weighted by Crippen LogP contribution is -2.49. The van der Waals surface area contributed by atoms with Gasteiger partial charge in [-0.1, -0.05) is 6.42 Å². The van der Waals surface area contributed by atoms with Crippen LogP contribution in [0.3, 0.4) is 0 Å². The first-order valence-electron chi connectivity index (χ1n) is 6.46. The molecule has 1 aliphatic rings. The fraction of sp³-hybridized carbons (Fsp3) is 0.833. The highest BCUT2D eigenvalue weighted by atomic mass is 35.5. The van der Waals surface area contributed by atoms with E-state index in [9.17, 15) is 9.59 Å². The van der Waals surface area contributed by atoms with Crippen molar-refractivity contribution in [2.24, 2.45) is 0 Å². The van der Waals surface area contributed by atoms with Crippen LogP contribution in [-0.2, 0) is 14.3 Å². The number of hydrogen-bond donors (Lipinski definition) is 2. The Morgan fingerprint density at radius 2 is 2.16 bits per heavy atom. The number of rotatable bonds is 7. The summed E-state index contributed by atoms with van der Waals surface area (Å²) in [5.74, 6) is -0.973. The zero-order chi connectivity index (χ0) is 13.4. The molecule has 1 aliphatic heterocycles. The van der Waals surface area contributed by atoms with E-state index in [1.54, 1.807) is 4.90 Å². The van der Waals surface area contributed by atoms with Crippen molar-refractivity contribution < 1.29 is 19.4 Å². The molecule has 0 aromatic heterocycles. The number of halogens is 1. The lowest BCUT2D eigenvalue weighted by atomic mass is 10.0. The van der Waals surface area contributed by atoms with Crippen LogP contribution in [0.5, 0.6) is 0 Å². The van der Waals surface area contributed by atoms with E-state index in [0.717, 1.165) is 12.8 Å². The molecule has 1 atom stereocenters. The molecular formula is C12H23ClN2O4. The summed E-state index contributed by atoms with van der Waals surface area (Å²) < 4.78 is 5.11. The third-order valence-electron chi connectivity index (χ3n) is 3.02. The monoisotopic (exact) mass is 294 g/mol. The first-order chi connectivity index (χ1) is 8.65. The average molecular weight is 295 g/mol. The van der Waals surface area contributed by atoms with Crippen molar-refractivity contribution in [2.45, 2.75) is 32.2 Å². The summed E-state index contributed by atoms with van der Waals surface area (Å²) in [6.07, 6.45) is 2.50. The van der Waals surface area contributed by atoms with E-state index in [4.69, 9.17) is 9.84 Å². The lowest BCUT2D eigenvalue weighted by molar-refractivity contribution is -0.145. The molecule has 0 spiro atoms. The molecule has 1 amide bonds. The molecule has 0 saturated carbocycles. The number of aliphatic carboxylic acids is 1. The highest BCUT2D eigenvalue weighted by Crippen LogP contribution is 2.16. The molecule has 1 heterocycles. The number of carboxylic acids is 1. The number of carboxylic acid groups (broad SMARTS) is 1. The van der Waals surface area contributed by atoms with Crippen molar-refractivity contribution in [1.82, 2.24) is 10.2 Å². The molecule has 0 bridgehead atoms. The highest BCUT2D eigenvalue weighted by molar-refractivity contribution is 5.85. The van der Waals surface area contributed by atoms with Crippen LogP contribution < -0.4 is 5.32 Å². The zero-order valence-corrected chi connectivity index (χ0v) is 12.1. The van der Waals surface area contributed by atoms with Gasteiger partial charge in [0.1, 0.15) is 6.04 Å². The molecule has 0 aromatic rings. The van der Waals surface area contributed by atoms with Crippen molar-refractivity contribution in [3.63, 3.8) is 0 Å². The van der Waals surface area contributed by atoms with Gasteiger partial charge >= 0.3 is 5.97 Å². The molecule has 1 unspecified atom stereocenters. The third kappa shape index (κ3) is 6.75. The summed E-state index contributed by atoms with van der Waals surface area (Å²) in [5, 5.41) is 11.8. The van der Waals surface area contributed by atoms with Gasteiger partial charge in [0.05, 0.1) is 13.2 Å².